The molecule has 1 spiro atoms. The van der Waals surface area contributed by atoms with Gasteiger partial charge in [0.25, 0.3) is 0 Å². The van der Waals surface area contributed by atoms with Crippen LogP contribution in [-0.4, -0.2) is 111 Å². The number of hydrogen-bond acceptors (Lipinski definition) is 9. The molecule has 2 aromatic carbocycles. The lowest BCUT2D eigenvalue weighted by atomic mass is 9.47. The Labute approximate surface area is 334 Å². The van der Waals surface area contributed by atoms with E-state index in [-0.39, 0.29) is 17.7 Å². The third-order valence-electron chi connectivity index (χ3n) is 15.6. The maximum absolute atomic E-state index is 15.1. The van der Waals surface area contributed by atoms with Crippen molar-refractivity contribution >= 4 is 40.5 Å². The van der Waals surface area contributed by atoms with Crippen molar-refractivity contribution in [3.8, 4) is 0 Å². The van der Waals surface area contributed by atoms with Gasteiger partial charge in [-0.2, -0.15) is 0 Å². The summed E-state index contributed by atoms with van der Waals surface area (Å²) in [6.07, 6.45) is 6.93. The molecule has 3 N–H and O–H groups in total. The van der Waals surface area contributed by atoms with E-state index in [1.807, 2.05) is 45.0 Å². The Morgan fingerprint density at radius 2 is 1.75 bits per heavy atom. The van der Waals surface area contributed by atoms with Crippen molar-refractivity contribution in [2.24, 2.45) is 11.3 Å². The first-order valence-electron chi connectivity index (χ1n) is 20.9. The van der Waals surface area contributed by atoms with E-state index in [1.54, 1.807) is 6.92 Å². The molecule has 2 bridgehead atoms. The molecule has 6 aliphatic rings. The van der Waals surface area contributed by atoms with Gasteiger partial charge in [-0.1, -0.05) is 50.3 Å². The van der Waals surface area contributed by atoms with Gasteiger partial charge in [0, 0.05) is 72.3 Å². The Kier molecular flexibility index (Phi) is 8.70. The normalized spacial score (nSPS) is 38.0. The Balaban J connectivity index is 1.35. The van der Waals surface area contributed by atoms with Crippen LogP contribution in [0.25, 0.3) is 10.9 Å². The van der Waals surface area contributed by atoms with E-state index in [0.717, 1.165) is 58.4 Å². The second-order valence-corrected chi connectivity index (χ2v) is 18.3. The topological polar surface area (TPSA) is 143 Å². The number of ketones is 2. The number of aryl methyl sites for hydroxylation is 1. The van der Waals surface area contributed by atoms with Gasteiger partial charge < -0.3 is 24.8 Å². The molecule has 1 unspecified atom stereocenters. The predicted molar refractivity (Wildman–Crippen MR) is 216 cm³/mol. The van der Waals surface area contributed by atoms with Crippen molar-refractivity contribution in [1.29, 1.82) is 0 Å². The summed E-state index contributed by atoms with van der Waals surface area (Å²) in [6.45, 7) is 13.7. The molecule has 57 heavy (non-hydrogen) atoms. The fraction of sp³-hybridized carbons (Fsp3) is 0.565. The zero-order valence-corrected chi connectivity index (χ0v) is 34.1. The maximum atomic E-state index is 15.1. The lowest BCUT2D eigenvalue weighted by molar-refractivity contribution is -0.215. The fourth-order valence-corrected chi connectivity index (χ4v) is 13.5. The van der Waals surface area contributed by atoms with Crippen molar-refractivity contribution in [3.05, 3.63) is 76.5 Å². The van der Waals surface area contributed by atoms with Crippen LogP contribution < -0.4 is 4.90 Å². The standard InChI is InChI=1S/C46H56N4O7/c1-7-42(55)22-31-23-45(28(4)52,38-33(14-18-48(24-31)25-42)32-12-9-10-13-36(32)47-38)34-21-35-37(20-27(34)3)50(26-51)40-44(35)16-19-49-17-11-15-43(8-2,39(44)49)41(57-30(6)54)46(40,56)29(5)53/h9-13,15,20-21,26,31,39-41,47,55-56H,7-8,14,16-19,22-25H2,1-6H3/t31-,39-,40-,41-,42+,43-,44-,45+,46+/m1/s1. The highest BCUT2D eigenvalue weighted by Crippen LogP contribution is 2.68. The van der Waals surface area contributed by atoms with Crippen molar-refractivity contribution in [3.63, 3.8) is 0 Å². The van der Waals surface area contributed by atoms with E-state index in [9.17, 15) is 24.6 Å². The molecular formula is C46H56N4O7. The molecule has 11 nitrogen and oxygen atoms in total. The summed E-state index contributed by atoms with van der Waals surface area (Å²) in [4.78, 5) is 65.9. The van der Waals surface area contributed by atoms with Crippen LogP contribution in [-0.2, 0) is 41.2 Å². The lowest BCUT2D eigenvalue weighted by Crippen LogP contribution is -2.81. The van der Waals surface area contributed by atoms with Crippen LogP contribution in [0.2, 0.25) is 0 Å². The van der Waals surface area contributed by atoms with E-state index < -0.39 is 51.3 Å². The first-order valence-corrected chi connectivity index (χ1v) is 20.9. The smallest absolute Gasteiger partial charge is 0.303 e. The van der Waals surface area contributed by atoms with Crippen LogP contribution in [0.4, 0.5) is 5.69 Å². The summed E-state index contributed by atoms with van der Waals surface area (Å²) in [5.41, 5.74) is -0.179. The number of aliphatic hydroxyl groups is 2. The Hall–Kier alpha value is -4.16. The number of piperidine rings is 1. The molecule has 1 amide bonds. The zero-order chi connectivity index (χ0) is 40.4. The summed E-state index contributed by atoms with van der Waals surface area (Å²) < 4.78 is 6.11. The molecule has 302 valence electrons. The highest BCUT2D eigenvalue weighted by molar-refractivity contribution is 5.98. The fourth-order valence-electron chi connectivity index (χ4n) is 13.5. The largest absolute Gasteiger partial charge is 0.458 e. The Bertz CT molecular complexity index is 2250. The number of nitrogens with zero attached hydrogens (tertiary/aromatic N) is 3. The SMILES string of the molecule is CC[C@]1(O)C[C@H]2CN(CCc3c([nH]c4ccccc34)[C@@](C(C)=O)(c3cc4c(cc3C)N(C=O)[C@H]3[C@@](O)(C(C)=O)[C@H](OC(C)=O)[C@]5(CC)C=CCN6CC[C@]43[C@H]65)C2)C1. The number of fused-ring (bicyclic) bond motifs is 6. The molecule has 2 saturated heterocycles. The molecule has 1 aliphatic carbocycles. The number of anilines is 1. The van der Waals surface area contributed by atoms with Gasteiger partial charge in [0.2, 0.25) is 6.41 Å². The van der Waals surface area contributed by atoms with E-state index in [0.29, 0.717) is 63.8 Å². The predicted octanol–water partition coefficient (Wildman–Crippen LogP) is 4.65. The number of ether oxygens (including phenoxy) is 1. The number of aromatic amines is 1. The van der Waals surface area contributed by atoms with E-state index in [4.69, 9.17) is 4.74 Å². The minimum Gasteiger partial charge on any atom is -0.458 e. The number of carbonyl (C=O) groups excluding carboxylic acids is 4. The van der Waals surface area contributed by atoms with Crippen LogP contribution in [0.1, 0.15) is 94.7 Å². The molecule has 6 heterocycles. The summed E-state index contributed by atoms with van der Waals surface area (Å²) in [6, 6.07) is 11.0. The third kappa shape index (κ3) is 4.92. The van der Waals surface area contributed by atoms with Crippen molar-refractivity contribution < 1.29 is 34.1 Å². The van der Waals surface area contributed by atoms with Gasteiger partial charge in [0.05, 0.1) is 17.1 Å². The van der Waals surface area contributed by atoms with Gasteiger partial charge in [-0.15, -0.1) is 0 Å². The average molecular weight is 777 g/mol. The van der Waals surface area contributed by atoms with Crippen LogP contribution in [0.3, 0.4) is 0 Å². The summed E-state index contributed by atoms with van der Waals surface area (Å²) in [5, 5.41) is 26.2. The summed E-state index contributed by atoms with van der Waals surface area (Å²) in [5.74, 6) is -1.19. The summed E-state index contributed by atoms with van der Waals surface area (Å²) in [7, 11) is 0. The van der Waals surface area contributed by atoms with Crippen molar-refractivity contribution in [1.82, 2.24) is 14.8 Å². The van der Waals surface area contributed by atoms with Gasteiger partial charge in [-0.05, 0) is 106 Å². The second-order valence-electron chi connectivity index (χ2n) is 18.3. The minimum atomic E-state index is -2.25. The number of carbonyl (C=O) groups is 4. The van der Waals surface area contributed by atoms with Gasteiger partial charge in [0.15, 0.2) is 17.5 Å². The van der Waals surface area contributed by atoms with Gasteiger partial charge in [0.1, 0.15) is 5.78 Å². The number of para-hydroxylation sites is 1. The number of benzene rings is 2. The van der Waals surface area contributed by atoms with Gasteiger partial charge in [-0.25, -0.2) is 0 Å². The van der Waals surface area contributed by atoms with Crippen LogP contribution in [0.15, 0.2) is 48.6 Å². The quantitative estimate of drug-likeness (QED) is 0.178. The average Bonchev–Trinajstić information content (AvgIpc) is 3.84. The maximum Gasteiger partial charge on any atom is 0.303 e. The van der Waals surface area contributed by atoms with Crippen molar-refractivity contribution in [2.45, 2.75) is 120 Å². The molecule has 11 heteroatoms. The number of Topliss-reactive ketones (excluding diaryl/α,β-unsaturated/α-hetero) is 2. The molecule has 10 atom stereocenters. The Morgan fingerprint density at radius 3 is 2.44 bits per heavy atom. The molecule has 3 fully saturated rings. The molecule has 1 saturated carbocycles. The number of amides is 1. The number of hydrogen-bond donors (Lipinski definition) is 3. The second kappa shape index (κ2) is 12.9. The van der Waals surface area contributed by atoms with E-state index >= 15 is 4.79 Å². The zero-order valence-electron chi connectivity index (χ0n) is 34.1. The molecule has 5 aliphatic heterocycles. The summed E-state index contributed by atoms with van der Waals surface area (Å²) >= 11 is 0. The monoisotopic (exact) mass is 776 g/mol. The molecule has 0 radical (unpaired) electrons. The highest BCUT2D eigenvalue weighted by atomic mass is 16.6. The van der Waals surface area contributed by atoms with Crippen molar-refractivity contribution in [2.75, 3.05) is 37.6 Å². The van der Waals surface area contributed by atoms with E-state index in [2.05, 4.69) is 39.1 Å². The number of aromatic nitrogens is 1. The number of nitrogens with one attached hydrogen (secondary N) is 1. The molecule has 1 aromatic heterocycles. The first kappa shape index (κ1) is 38.4. The van der Waals surface area contributed by atoms with Crippen LogP contribution in [0, 0.1) is 18.3 Å². The molecule has 9 rings (SSSR count). The number of esters is 1. The lowest BCUT2D eigenvalue weighted by Gasteiger charge is -2.63. The highest BCUT2D eigenvalue weighted by Gasteiger charge is 2.79. The van der Waals surface area contributed by atoms with Crippen LogP contribution >= 0.6 is 0 Å². The number of rotatable bonds is 7. The first-order chi connectivity index (χ1) is 27.1. The molecular weight excluding hydrogens is 721 g/mol. The van der Waals surface area contributed by atoms with Gasteiger partial charge >= 0.3 is 5.97 Å². The Morgan fingerprint density at radius 1 is 0.982 bits per heavy atom. The minimum absolute atomic E-state index is 0.00447. The van der Waals surface area contributed by atoms with Crippen LogP contribution in [0.5, 0.6) is 0 Å². The molecule has 3 aromatic rings. The van der Waals surface area contributed by atoms with Gasteiger partial charge in [-0.3, -0.25) is 29.0 Å². The van der Waals surface area contributed by atoms with E-state index in [1.165, 1.54) is 18.7 Å². The number of H-pyrrole nitrogens is 1. The third-order valence-corrected chi connectivity index (χ3v) is 15.6.